The maximum atomic E-state index is 12.7. The van der Waals surface area contributed by atoms with Gasteiger partial charge in [0.25, 0.3) is 5.91 Å². The van der Waals surface area contributed by atoms with Gasteiger partial charge in [-0.2, -0.15) is 0 Å². The number of halogens is 3. The summed E-state index contributed by atoms with van der Waals surface area (Å²) >= 11 is 18.3. The van der Waals surface area contributed by atoms with Gasteiger partial charge in [-0.05, 0) is 55.5 Å². The zero-order valence-corrected chi connectivity index (χ0v) is 17.8. The van der Waals surface area contributed by atoms with Gasteiger partial charge < -0.3 is 14.8 Å². The highest BCUT2D eigenvalue weighted by molar-refractivity contribution is 6.36. The Morgan fingerprint density at radius 2 is 1.69 bits per heavy atom. The molecule has 1 N–H and O–H groups in total. The molecule has 0 heterocycles. The average molecular weight is 451 g/mol. The van der Waals surface area contributed by atoms with Crippen LogP contribution >= 0.6 is 34.8 Å². The summed E-state index contributed by atoms with van der Waals surface area (Å²) in [5.74, 6) is 0.866. The van der Waals surface area contributed by atoms with Crippen LogP contribution in [0.4, 0.5) is 5.69 Å². The molecule has 0 saturated heterocycles. The fraction of sp³-hybridized carbons (Fsp3) is 0.136. The first-order chi connectivity index (χ1) is 14.0. The minimum Gasteiger partial charge on any atom is -0.493 e. The molecule has 7 heteroatoms. The number of carbonyl (C=O) groups excluding carboxylic acids is 1. The van der Waals surface area contributed by atoms with Crippen LogP contribution in [0.5, 0.6) is 11.5 Å². The fourth-order valence-corrected chi connectivity index (χ4v) is 3.16. The minimum atomic E-state index is -0.323. The van der Waals surface area contributed by atoms with Crippen molar-refractivity contribution in [3.8, 4) is 11.5 Å². The molecular formula is C22H18Cl3NO3. The van der Waals surface area contributed by atoms with Crippen LogP contribution in [0.15, 0.2) is 60.7 Å². The first-order valence-corrected chi connectivity index (χ1v) is 10.0. The molecule has 0 aromatic heterocycles. The van der Waals surface area contributed by atoms with Crippen molar-refractivity contribution in [2.24, 2.45) is 0 Å². The lowest BCUT2D eigenvalue weighted by atomic mass is 10.1. The van der Waals surface area contributed by atoms with Crippen molar-refractivity contribution in [2.75, 3.05) is 11.9 Å². The number of rotatable bonds is 7. The second-order valence-electron chi connectivity index (χ2n) is 6.05. The van der Waals surface area contributed by atoms with Crippen molar-refractivity contribution in [1.82, 2.24) is 0 Å². The quantitative estimate of drug-likeness (QED) is 0.427. The summed E-state index contributed by atoms with van der Waals surface area (Å²) in [4.78, 5) is 12.7. The summed E-state index contributed by atoms with van der Waals surface area (Å²) in [5.41, 5.74) is 1.59. The van der Waals surface area contributed by atoms with E-state index in [1.165, 1.54) is 0 Å². The Balaban J connectivity index is 1.82. The van der Waals surface area contributed by atoms with Gasteiger partial charge in [-0.3, -0.25) is 4.79 Å². The van der Waals surface area contributed by atoms with Crippen molar-refractivity contribution in [3.05, 3.63) is 86.9 Å². The van der Waals surface area contributed by atoms with Gasteiger partial charge in [-0.1, -0.05) is 46.9 Å². The molecule has 0 fully saturated rings. The summed E-state index contributed by atoms with van der Waals surface area (Å²) in [5, 5.41) is 4.16. The highest BCUT2D eigenvalue weighted by Crippen LogP contribution is 2.29. The summed E-state index contributed by atoms with van der Waals surface area (Å²) in [6.45, 7) is 2.57. The smallest absolute Gasteiger partial charge is 0.255 e. The molecule has 0 radical (unpaired) electrons. The molecule has 0 aliphatic rings. The predicted octanol–water partition coefficient (Wildman–Crippen LogP) is 6.88. The van der Waals surface area contributed by atoms with Gasteiger partial charge in [0.15, 0.2) is 0 Å². The number of ether oxygens (including phenoxy) is 2. The van der Waals surface area contributed by atoms with E-state index in [-0.39, 0.29) is 12.5 Å². The third kappa shape index (κ3) is 5.57. The standard InChI is InChI=1S/C22H18Cl3NO3/c1-2-28-20-10-7-14(22(27)26-19-12-16(23)8-9-17(19)24)11-15(20)13-29-21-6-4-3-5-18(21)25/h3-12H,2,13H2,1H3,(H,26,27). The number of benzene rings is 3. The molecule has 0 atom stereocenters. The lowest BCUT2D eigenvalue weighted by Crippen LogP contribution is -2.13. The van der Waals surface area contributed by atoms with Crippen molar-refractivity contribution in [3.63, 3.8) is 0 Å². The largest absolute Gasteiger partial charge is 0.493 e. The monoisotopic (exact) mass is 449 g/mol. The van der Waals surface area contributed by atoms with Gasteiger partial charge >= 0.3 is 0 Å². The number of para-hydroxylation sites is 1. The molecular weight excluding hydrogens is 433 g/mol. The van der Waals surface area contributed by atoms with E-state index in [4.69, 9.17) is 44.3 Å². The summed E-state index contributed by atoms with van der Waals surface area (Å²) in [6.07, 6.45) is 0. The minimum absolute atomic E-state index is 0.193. The normalized spacial score (nSPS) is 10.5. The Labute approximate surface area is 184 Å². The highest BCUT2D eigenvalue weighted by atomic mass is 35.5. The van der Waals surface area contributed by atoms with Gasteiger partial charge in [0.05, 0.1) is 22.3 Å². The van der Waals surface area contributed by atoms with Crippen LogP contribution in [0.1, 0.15) is 22.8 Å². The molecule has 3 rings (SSSR count). The molecule has 0 bridgehead atoms. The second kappa shape index (κ2) is 9.88. The SMILES string of the molecule is CCOc1ccc(C(=O)Nc2cc(Cl)ccc2Cl)cc1COc1ccccc1Cl. The van der Waals surface area contributed by atoms with Gasteiger partial charge in [-0.25, -0.2) is 0 Å². The van der Waals surface area contributed by atoms with Crippen LogP contribution in [-0.4, -0.2) is 12.5 Å². The lowest BCUT2D eigenvalue weighted by molar-refractivity contribution is 0.102. The number of anilines is 1. The number of carbonyl (C=O) groups is 1. The van der Waals surface area contributed by atoms with Gasteiger partial charge in [-0.15, -0.1) is 0 Å². The number of hydrogen-bond acceptors (Lipinski definition) is 3. The predicted molar refractivity (Wildman–Crippen MR) is 118 cm³/mol. The Morgan fingerprint density at radius 3 is 2.45 bits per heavy atom. The fourth-order valence-electron chi connectivity index (χ4n) is 2.63. The summed E-state index contributed by atoms with van der Waals surface area (Å²) in [6, 6.07) is 17.2. The van der Waals surface area contributed by atoms with E-state index < -0.39 is 0 Å². The molecule has 4 nitrogen and oxygen atoms in total. The van der Waals surface area contributed by atoms with E-state index in [0.29, 0.717) is 44.4 Å². The zero-order valence-electron chi connectivity index (χ0n) is 15.5. The van der Waals surface area contributed by atoms with E-state index >= 15 is 0 Å². The molecule has 0 saturated carbocycles. The number of nitrogens with one attached hydrogen (secondary N) is 1. The lowest BCUT2D eigenvalue weighted by Gasteiger charge is -2.14. The second-order valence-corrected chi connectivity index (χ2v) is 7.30. The third-order valence-corrected chi connectivity index (χ3v) is 4.90. The first-order valence-electron chi connectivity index (χ1n) is 8.87. The average Bonchev–Trinajstić information content (AvgIpc) is 2.71. The molecule has 0 aliphatic carbocycles. The van der Waals surface area contributed by atoms with Crippen LogP contribution in [0.2, 0.25) is 15.1 Å². The highest BCUT2D eigenvalue weighted by Gasteiger charge is 2.14. The van der Waals surface area contributed by atoms with Crippen molar-refractivity contribution in [2.45, 2.75) is 13.5 Å². The van der Waals surface area contributed by atoms with Crippen molar-refractivity contribution in [1.29, 1.82) is 0 Å². The van der Waals surface area contributed by atoms with Gasteiger partial charge in [0.1, 0.15) is 18.1 Å². The molecule has 0 aliphatic heterocycles. The van der Waals surface area contributed by atoms with E-state index in [1.807, 2.05) is 19.1 Å². The van der Waals surface area contributed by atoms with Gasteiger partial charge in [0.2, 0.25) is 0 Å². The Hall–Kier alpha value is -2.40. The van der Waals surface area contributed by atoms with E-state index in [9.17, 15) is 4.79 Å². The Morgan fingerprint density at radius 1 is 0.897 bits per heavy atom. The number of hydrogen-bond donors (Lipinski definition) is 1. The zero-order chi connectivity index (χ0) is 20.8. The Kier molecular flexibility index (Phi) is 7.26. The van der Waals surface area contributed by atoms with Crippen LogP contribution in [-0.2, 0) is 6.61 Å². The molecule has 1 amide bonds. The van der Waals surface area contributed by atoms with E-state index in [1.54, 1.807) is 48.5 Å². The summed E-state index contributed by atoms with van der Waals surface area (Å²) < 4.78 is 11.5. The maximum absolute atomic E-state index is 12.7. The molecule has 0 unspecified atom stereocenters. The Bertz CT molecular complexity index is 1020. The van der Waals surface area contributed by atoms with E-state index in [2.05, 4.69) is 5.32 Å². The van der Waals surface area contributed by atoms with Crippen molar-refractivity contribution < 1.29 is 14.3 Å². The molecule has 3 aromatic rings. The topological polar surface area (TPSA) is 47.6 Å². The summed E-state index contributed by atoms with van der Waals surface area (Å²) in [7, 11) is 0. The van der Waals surface area contributed by atoms with Crippen LogP contribution in [0.25, 0.3) is 0 Å². The van der Waals surface area contributed by atoms with Crippen LogP contribution in [0.3, 0.4) is 0 Å². The first kappa shape index (κ1) is 21.3. The van der Waals surface area contributed by atoms with Gasteiger partial charge in [0, 0.05) is 16.1 Å². The van der Waals surface area contributed by atoms with Crippen LogP contribution < -0.4 is 14.8 Å². The molecule has 150 valence electrons. The molecule has 29 heavy (non-hydrogen) atoms. The van der Waals surface area contributed by atoms with E-state index in [0.717, 1.165) is 5.56 Å². The molecule has 3 aromatic carbocycles. The molecule has 0 spiro atoms. The number of amides is 1. The third-order valence-electron chi connectivity index (χ3n) is 4.02. The van der Waals surface area contributed by atoms with Crippen molar-refractivity contribution >= 4 is 46.4 Å². The maximum Gasteiger partial charge on any atom is 0.255 e. The van der Waals surface area contributed by atoms with Crippen LogP contribution in [0, 0.1) is 0 Å².